The fraction of sp³-hybridized carbons (Fsp3) is 0.118. The Balaban J connectivity index is 1.58. The number of amides is 1. The number of nitrogens with one attached hydrogen (secondary N) is 1. The lowest BCUT2D eigenvalue weighted by Gasteiger charge is -2.06. The molecule has 2 aromatic carbocycles. The molecule has 0 atom stereocenters. The van der Waals surface area contributed by atoms with Gasteiger partial charge in [-0.3, -0.25) is 10.1 Å². The molecule has 0 aliphatic heterocycles. The van der Waals surface area contributed by atoms with Gasteiger partial charge in [-0.1, -0.05) is 40.2 Å². The van der Waals surface area contributed by atoms with Gasteiger partial charge in [0, 0.05) is 21.6 Å². The van der Waals surface area contributed by atoms with Crippen molar-refractivity contribution < 1.29 is 9.53 Å². The molecular weight excluding hydrogens is 390 g/mol. The number of carbonyl (C=O) groups is 1. The van der Waals surface area contributed by atoms with Gasteiger partial charge in [0.05, 0.1) is 0 Å². The number of hydrogen-bond donors (Lipinski definition) is 1. The van der Waals surface area contributed by atoms with E-state index in [0.717, 1.165) is 27.1 Å². The standard InChI is InChI=1S/C17H14BrN3O2S/c1-11-3-2-4-14(9-11)23-10-15(22)19-17-20-16(21-24-17)12-5-7-13(18)8-6-12/h2-9H,10H2,1H3,(H,19,20,21,22). The van der Waals surface area contributed by atoms with Gasteiger partial charge in [-0.15, -0.1) is 0 Å². The first-order valence-electron chi connectivity index (χ1n) is 7.19. The smallest absolute Gasteiger partial charge is 0.264 e. The Kier molecular flexibility index (Phi) is 5.22. The molecule has 0 aliphatic carbocycles. The van der Waals surface area contributed by atoms with Gasteiger partial charge in [-0.2, -0.15) is 9.36 Å². The predicted molar refractivity (Wildman–Crippen MR) is 98.3 cm³/mol. The van der Waals surface area contributed by atoms with Crippen LogP contribution in [0.1, 0.15) is 5.56 Å². The van der Waals surface area contributed by atoms with Crippen LogP contribution in [0.25, 0.3) is 11.4 Å². The molecule has 0 unspecified atom stereocenters. The molecule has 7 heteroatoms. The maximum atomic E-state index is 12.0. The zero-order valence-electron chi connectivity index (χ0n) is 12.8. The molecule has 0 radical (unpaired) electrons. The van der Waals surface area contributed by atoms with Crippen molar-refractivity contribution in [3.63, 3.8) is 0 Å². The van der Waals surface area contributed by atoms with Crippen LogP contribution in [0.4, 0.5) is 5.13 Å². The van der Waals surface area contributed by atoms with Crippen molar-refractivity contribution in [1.82, 2.24) is 9.36 Å². The van der Waals surface area contributed by atoms with E-state index >= 15 is 0 Å². The molecule has 3 aromatic rings. The lowest BCUT2D eigenvalue weighted by Crippen LogP contribution is -2.20. The monoisotopic (exact) mass is 403 g/mol. The van der Waals surface area contributed by atoms with Crippen molar-refractivity contribution in [2.24, 2.45) is 0 Å². The number of halogens is 1. The summed E-state index contributed by atoms with van der Waals surface area (Å²) in [5, 5.41) is 3.15. The Bertz CT molecular complexity index is 849. The average Bonchev–Trinajstić information content (AvgIpc) is 3.02. The maximum absolute atomic E-state index is 12.0. The van der Waals surface area contributed by atoms with Crippen LogP contribution >= 0.6 is 27.5 Å². The number of ether oxygens (including phenoxy) is 1. The van der Waals surface area contributed by atoms with Crippen molar-refractivity contribution in [3.05, 3.63) is 58.6 Å². The van der Waals surface area contributed by atoms with Gasteiger partial charge in [0.2, 0.25) is 5.13 Å². The Hall–Kier alpha value is -2.25. The summed E-state index contributed by atoms with van der Waals surface area (Å²) < 4.78 is 10.7. The van der Waals surface area contributed by atoms with Gasteiger partial charge >= 0.3 is 0 Å². The highest BCUT2D eigenvalue weighted by Crippen LogP contribution is 2.22. The number of hydrogen-bond acceptors (Lipinski definition) is 5. The van der Waals surface area contributed by atoms with E-state index in [-0.39, 0.29) is 12.5 Å². The molecule has 0 saturated heterocycles. The van der Waals surface area contributed by atoms with Crippen LogP contribution in [0.15, 0.2) is 53.0 Å². The first kappa shape index (κ1) is 16.6. The molecule has 24 heavy (non-hydrogen) atoms. The van der Waals surface area contributed by atoms with E-state index in [1.54, 1.807) is 0 Å². The third-order valence-electron chi connectivity index (χ3n) is 3.13. The summed E-state index contributed by atoms with van der Waals surface area (Å²) in [5.41, 5.74) is 1.97. The lowest BCUT2D eigenvalue weighted by atomic mass is 10.2. The molecule has 0 aliphatic rings. The minimum absolute atomic E-state index is 0.0728. The fourth-order valence-corrected chi connectivity index (χ4v) is 2.87. The molecule has 0 bridgehead atoms. The highest BCUT2D eigenvalue weighted by Gasteiger charge is 2.10. The van der Waals surface area contributed by atoms with Crippen LogP contribution in [-0.2, 0) is 4.79 Å². The number of aromatic nitrogens is 2. The summed E-state index contributed by atoms with van der Waals surface area (Å²) in [6.45, 7) is 1.90. The highest BCUT2D eigenvalue weighted by atomic mass is 79.9. The largest absolute Gasteiger partial charge is 0.484 e. The van der Waals surface area contributed by atoms with Gasteiger partial charge in [-0.25, -0.2) is 0 Å². The summed E-state index contributed by atoms with van der Waals surface area (Å²) in [7, 11) is 0. The summed E-state index contributed by atoms with van der Waals surface area (Å²) in [6, 6.07) is 15.2. The Morgan fingerprint density at radius 2 is 2.04 bits per heavy atom. The van der Waals surface area contributed by atoms with Crippen LogP contribution < -0.4 is 10.1 Å². The van der Waals surface area contributed by atoms with Gasteiger partial charge in [-0.05, 0) is 36.8 Å². The molecule has 3 rings (SSSR count). The van der Waals surface area contributed by atoms with Crippen molar-refractivity contribution >= 4 is 38.5 Å². The van der Waals surface area contributed by atoms with Gasteiger partial charge in [0.25, 0.3) is 5.91 Å². The SMILES string of the molecule is Cc1cccc(OCC(=O)Nc2nc(-c3ccc(Br)cc3)ns2)c1. The van der Waals surface area contributed by atoms with Crippen molar-refractivity contribution in [2.75, 3.05) is 11.9 Å². The summed E-state index contributed by atoms with van der Waals surface area (Å²) in [5.74, 6) is 0.982. The van der Waals surface area contributed by atoms with Crippen molar-refractivity contribution in [3.8, 4) is 17.1 Å². The van der Waals surface area contributed by atoms with E-state index in [9.17, 15) is 4.79 Å². The van der Waals surface area contributed by atoms with Crippen LogP contribution in [0.5, 0.6) is 5.75 Å². The Morgan fingerprint density at radius 3 is 2.79 bits per heavy atom. The molecule has 0 fully saturated rings. The van der Waals surface area contributed by atoms with Crippen LogP contribution in [0, 0.1) is 6.92 Å². The predicted octanol–water partition coefficient (Wildman–Crippen LogP) is 4.29. The number of nitrogens with zero attached hydrogens (tertiary/aromatic N) is 2. The number of anilines is 1. The van der Waals surface area contributed by atoms with Gasteiger partial charge in [0.15, 0.2) is 12.4 Å². The Morgan fingerprint density at radius 1 is 1.25 bits per heavy atom. The van der Waals surface area contributed by atoms with E-state index in [0.29, 0.717) is 16.7 Å². The van der Waals surface area contributed by atoms with Crippen molar-refractivity contribution in [1.29, 1.82) is 0 Å². The minimum Gasteiger partial charge on any atom is -0.484 e. The molecule has 122 valence electrons. The molecule has 1 heterocycles. The molecule has 1 amide bonds. The Labute approximate surface area is 152 Å². The van der Waals surface area contributed by atoms with Crippen LogP contribution in [-0.4, -0.2) is 21.9 Å². The number of aryl methyl sites for hydroxylation is 1. The molecule has 5 nitrogen and oxygen atoms in total. The third-order valence-corrected chi connectivity index (χ3v) is 4.29. The molecular formula is C17H14BrN3O2S. The van der Waals surface area contributed by atoms with Gasteiger partial charge < -0.3 is 4.74 Å². The quantitative estimate of drug-likeness (QED) is 0.689. The normalized spacial score (nSPS) is 10.4. The molecule has 1 aromatic heterocycles. The van der Waals surface area contributed by atoms with Crippen LogP contribution in [0.3, 0.4) is 0 Å². The van der Waals surface area contributed by atoms with Gasteiger partial charge in [0.1, 0.15) is 5.75 Å². The van der Waals surface area contributed by atoms with E-state index in [1.165, 1.54) is 0 Å². The number of carbonyl (C=O) groups excluding carboxylic acids is 1. The second-order valence-corrected chi connectivity index (χ2v) is 6.75. The topological polar surface area (TPSA) is 64.1 Å². The zero-order chi connectivity index (χ0) is 16.9. The molecule has 0 saturated carbocycles. The number of rotatable bonds is 5. The minimum atomic E-state index is -0.269. The maximum Gasteiger partial charge on any atom is 0.264 e. The first-order valence-corrected chi connectivity index (χ1v) is 8.76. The third kappa shape index (κ3) is 4.39. The van der Waals surface area contributed by atoms with E-state index in [4.69, 9.17) is 4.74 Å². The van der Waals surface area contributed by atoms with E-state index in [2.05, 4.69) is 30.6 Å². The first-order chi connectivity index (χ1) is 11.6. The molecule has 0 spiro atoms. The number of benzene rings is 2. The summed E-state index contributed by atoms with van der Waals surface area (Å²) in [6.07, 6.45) is 0. The second-order valence-electron chi connectivity index (χ2n) is 5.08. The highest BCUT2D eigenvalue weighted by molar-refractivity contribution is 9.10. The zero-order valence-corrected chi connectivity index (χ0v) is 15.2. The summed E-state index contributed by atoms with van der Waals surface area (Å²) >= 11 is 4.53. The van der Waals surface area contributed by atoms with E-state index in [1.807, 2.05) is 55.5 Å². The lowest BCUT2D eigenvalue weighted by molar-refractivity contribution is -0.118. The van der Waals surface area contributed by atoms with Crippen molar-refractivity contribution in [2.45, 2.75) is 6.92 Å². The molecule has 1 N–H and O–H groups in total. The van der Waals surface area contributed by atoms with E-state index < -0.39 is 0 Å². The second kappa shape index (κ2) is 7.55. The summed E-state index contributed by atoms with van der Waals surface area (Å²) in [4.78, 5) is 16.3. The fourth-order valence-electron chi connectivity index (χ4n) is 2.00. The van der Waals surface area contributed by atoms with Crippen LogP contribution in [0.2, 0.25) is 0 Å². The average molecular weight is 404 g/mol.